The van der Waals surface area contributed by atoms with Crippen LogP contribution in [0.4, 0.5) is 5.69 Å². The lowest BCUT2D eigenvalue weighted by Crippen LogP contribution is -2.30. The molecule has 0 saturated carbocycles. The summed E-state index contributed by atoms with van der Waals surface area (Å²) < 4.78 is 10.4. The molecule has 1 atom stereocenters. The van der Waals surface area contributed by atoms with Gasteiger partial charge in [-0.3, -0.25) is 4.79 Å². The highest BCUT2D eigenvalue weighted by Gasteiger charge is 2.19. The van der Waals surface area contributed by atoms with Crippen LogP contribution < -0.4 is 10.1 Å². The number of hydrogen-bond donors (Lipinski definition) is 1. The molecule has 26 heavy (non-hydrogen) atoms. The van der Waals surface area contributed by atoms with E-state index in [2.05, 4.69) is 5.32 Å². The van der Waals surface area contributed by atoms with Crippen molar-refractivity contribution in [3.63, 3.8) is 0 Å². The van der Waals surface area contributed by atoms with Crippen molar-refractivity contribution in [1.82, 2.24) is 0 Å². The fraction of sp³-hybridized carbons (Fsp3) is 0.222. The first-order valence-corrected chi connectivity index (χ1v) is 8.74. The minimum absolute atomic E-state index is 0.270. The number of carbonyl (C=O) groups excluding carboxylic acids is 2. The van der Waals surface area contributed by atoms with Crippen LogP contribution in [0.5, 0.6) is 5.75 Å². The molecule has 0 heterocycles. The molecule has 0 unspecified atom stereocenters. The van der Waals surface area contributed by atoms with E-state index in [1.807, 2.05) is 6.92 Å². The number of amides is 1. The molecule has 2 aromatic rings. The van der Waals surface area contributed by atoms with Crippen LogP contribution in [-0.4, -0.2) is 24.6 Å². The van der Waals surface area contributed by atoms with Crippen LogP contribution in [-0.2, 0) is 14.3 Å². The molecule has 138 valence electrons. The second-order valence-corrected chi connectivity index (χ2v) is 6.73. The van der Waals surface area contributed by atoms with Crippen molar-refractivity contribution in [3.8, 4) is 5.75 Å². The van der Waals surface area contributed by atoms with Gasteiger partial charge in [0.2, 0.25) is 0 Å². The Hall–Kier alpha value is -1.95. The van der Waals surface area contributed by atoms with Crippen LogP contribution >= 0.6 is 34.8 Å². The Labute approximate surface area is 166 Å². The zero-order valence-corrected chi connectivity index (χ0v) is 16.3. The summed E-state index contributed by atoms with van der Waals surface area (Å²) in [5.74, 6) is -0.894. The fourth-order valence-electron chi connectivity index (χ4n) is 1.98. The second kappa shape index (κ2) is 9.12. The van der Waals surface area contributed by atoms with Gasteiger partial charge >= 0.3 is 5.97 Å². The van der Waals surface area contributed by atoms with E-state index in [0.717, 1.165) is 5.56 Å². The minimum Gasteiger partial charge on any atom is -0.477 e. The average Bonchev–Trinajstić information content (AvgIpc) is 2.58. The Kier molecular flexibility index (Phi) is 7.14. The average molecular weight is 417 g/mol. The first-order chi connectivity index (χ1) is 12.3. The summed E-state index contributed by atoms with van der Waals surface area (Å²) in [5, 5.41) is 3.84. The van der Waals surface area contributed by atoms with Crippen LogP contribution in [0.1, 0.15) is 12.5 Å². The third kappa shape index (κ3) is 5.80. The standard InChI is InChI=1S/C18H16Cl3NO4/c1-10-3-4-13(20)8-15(10)22-17(23)9-25-18(24)11(2)26-16-6-5-12(19)7-14(16)21/h3-8,11H,9H2,1-2H3,(H,22,23)/t11-/m0/s1. The van der Waals surface area contributed by atoms with Crippen molar-refractivity contribution >= 4 is 52.4 Å². The summed E-state index contributed by atoms with van der Waals surface area (Å²) in [6.07, 6.45) is -0.950. The third-order valence-corrected chi connectivity index (χ3v) is 4.11. The predicted molar refractivity (Wildman–Crippen MR) is 102 cm³/mol. The fourth-order valence-corrected chi connectivity index (χ4v) is 2.60. The van der Waals surface area contributed by atoms with Crippen molar-refractivity contribution in [2.24, 2.45) is 0 Å². The number of benzene rings is 2. The van der Waals surface area contributed by atoms with Crippen molar-refractivity contribution in [2.75, 3.05) is 11.9 Å². The molecule has 1 amide bonds. The lowest BCUT2D eigenvalue weighted by Gasteiger charge is -2.15. The Balaban J connectivity index is 1.87. The van der Waals surface area contributed by atoms with Crippen molar-refractivity contribution in [3.05, 3.63) is 57.0 Å². The molecule has 0 aliphatic heterocycles. The molecule has 0 aliphatic rings. The molecule has 1 N–H and O–H groups in total. The lowest BCUT2D eigenvalue weighted by molar-refractivity contribution is -0.153. The SMILES string of the molecule is Cc1ccc(Cl)cc1NC(=O)COC(=O)[C@H](C)Oc1ccc(Cl)cc1Cl. The number of ether oxygens (including phenoxy) is 2. The van der Waals surface area contributed by atoms with Crippen LogP contribution in [0.3, 0.4) is 0 Å². The molecule has 0 aliphatic carbocycles. The normalized spacial score (nSPS) is 11.6. The first kappa shape index (κ1) is 20.4. The van der Waals surface area contributed by atoms with E-state index < -0.39 is 24.6 Å². The van der Waals surface area contributed by atoms with Gasteiger partial charge < -0.3 is 14.8 Å². The maximum Gasteiger partial charge on any atom is 0.347 e. The van der Waals surface area contributed by atoms with Gasteiger partial charge in [-0.2, -0.15) is 0 Å². The number of hydrogen-bond acceptors (Lipinski definition) is 4. The molecule has 5 nitrogen and oxygen atoms in total. The zero-order chi connectivity index (χ0) is 19.3. The number of aryl methyl sites for hydroxylation is 1. The highest BCUT2D eigenvalue weighted by molar-refractivity contribution is 6.35. The van der Waals surface area contributed by atoms with Gasteiger partial charge in [-0.25, -0.2) is 4.79 Å². The van der Waals surface area contributed by atoms with Gasteiger partial charge in [0, 0.05) is 15.7 Å². The summed E-state index contributed by atoms with van der Waals surface area (Å²) in [6.45, 7) is 2.86. The van der Waals surface area contributed by atoms with E-state index in [0.29, 0.717) is 21.5 Å². The minimum atomic E-state index is -0.950. The maximum atomic E-state index is 12.0. The van der Waals surface area contributed by atoms with Gasteiger partial charge in [0.1, 0.15) is 5.75 Å². The molecule has 0 bridgehead atoms. The summed E-state index contributed by atoms with van der Waals surface area (Å²) in [6, 6.07) is 9.73. The van der Waals surface area contributed by atoms with Crippen molar-refractivity contribution in [2.45, 2.75) is 20.0 Å². The molecule has 2 aromatic carbocycles. The van der Waals surface area contributed by atoms with Crippen LogP contribution in [0.15, 0.2) is 36.4 Å². The van der Waals surface area contributed by atoms with Crippen molar-refractivity contribution in [1.29, 1.82) is 0 Å². The quantitative estimate of drug-likeness (QED) is 0.680. The van der Waals surface area contributed by atoms with Crippen LogP contribution in [0, 0.1) is 6.92 Å². The number of esters is 1. The topological polar surface area (TPSA) is 64.6 Å². The molecule has 0 saturated heterocycles. The Morgan fingerprint density at radius 1 is 1.08 bits per heavy atom. The highest BCUT2D eigenvalue weighted by atomic mass is 35.5. The molecular weight excluding hydrogens is 401 g/mol. The van der Waals surface area contributed by atoms with Gasteiger partial charge in [0.25, 0.3) is 5.91 Å². The molecule has 0 aromatic heterocycles. The number of anilines is 1. The van der Waals surface area contributed by atoms with E-state index in [1.165, 1.54) is 13.0 Å². The van der Waals surface area contributed by atoms with Crippen LogP contribution in [0.2, 0.25) is 15.1 Å². The van der Waals surface area contributed by atoms with Gasteiger partial charge in [-0.1, -0.05) is 40.9 Å². The van der Waals surface area contributed by atoms with E-state index in [-0.39, 0.29) is 5.02 Å². The van der Waals surface area contributed by atoms with Gasteiger partial charge in [-0.15, -0.1) is 0 Å². The highest BCUT2D eigenvalue weighted by Crippen LogP contribution is 2.28. The van der Waals surface area contributed by atoms with E-state index >= 15 is 0 Å². The Morgan fingerprint density at radius 3 is 2.42 bits per heavy atom. The number of halogens is 3. The van der Waals surface area contributed by atoms with E-state index in [9.17, 15) is 9.59 Å². The maximum absolute atomic E-state index is 12.0. The van der Waals surface area contributed by atoms with E-state index in [1.54, 1.807) is 30.3 Å². The number of nitrogens with one attached hydrogen (secondary N) is 1. The van der Waals surface area contributed by atoms with Gasteiger partial charge in [0.15, 0.2) is 12.7 Å². The predicted octanol–water partition coefficient (Wildman–Crippen LogP) is 4.90. The molecule has 2 rings (SSSR count). The summed E-state index contributed by atoms with van der Waals surface area (Å²) in [5.41, 5.74) is 1.39. The Bertz CT molecular complexity index is 826. The monoisotopic (exact) mass is 415 g/mol. The van der Waals surface area contributed by atoms with Crippen LogP contribution in [0.25, 0.3) is 0 Å². The third-order valence-electron chi connectivity index (χ3n) is 3.35. The largest absolute Gasteiger partial charge is 0.477 e. The van der Waals surface area contributed by atoms with Gasteiger partial charge in [-0.05, 0) is 49.7 Å². The molecule has 0 fully saturated rings. The van der Waals surface area contributed by atoms with Crippen molar-refractivity contribution < 1.29 is 19.1 Å². The number of rotatable bonds is 6. The molecule has 0 radical (unpaired) electrons. The summed E-state index contributed by atoms with van der Waals surface area (Å²) in [4.78, 5) is 23.9. The lowest BCUT2D eigenvalue weighted by atomic mass is 10.2. The van der Waals surface area contributed by atoms with Gasteiger partial charge in [0.05, 0.1) is 5.02 Å². The number of carbonyl (C=O) groups is 2. The first-order valence-electron chi connectivity index (χ1n) is 7.60. The molecule has 0 spiro atoms. The molecular formula is C18H16Cl3NO4. The Morgan fingerprint density at radius 2 is 1.73 bits per heavy atom. The summed E-state index contributed by atoms with van der Waals surface area (Å²) >= 11 is 17.7. The summed E-state index contributed by atoms with van der Waals surface area (Å²) in [7, 11) is 0. The van der Waals surface area contributed by atoms with E-state index in [4.69, 9.17) is 44.3 Å². The smallest absolute Gasteiger partial charge is 0.347 e. The second-order valence-electron chi connectivity index (χ2n) is 5.45. The zero-order valence-electron chi connectivity index (χ0n) is 14.0. The molecule has 8 heteroatoms.